The van der Waals surface area contributed by atoms with Crippen molar-refractivity contribution in [2.24, 2.45) is 0 Å². The third-order valence-electron chi connectivity index (χ3n) is 3.72. The van der Waals surface area contributed by atoms with E-state index < -0.39 is 0 Å². The van der Waals surface area contributed by atoms with E-state index in [1.807, 2.05) is 29.5 Å². The monoisotopic (exact) mass is 344 g/mol. The fraction of sp³-hybridized carbons (Fsp3) is 0.375. The minimum absolute atomic E-state index is 0.0165. The summed E-state index contributed by atoms with van der Waals surface area (Å²) in [5.74, 6) is 0. The van der Waals surface area contributed by atoms with Crippen LogP contribution in [-0.2, 0) is 19.3 Å². The fourth-order valence-electron chi connectivity index (χ4n) is 2.64. The van der Waals surface area contributed by atoms with Crippen molar-refractivity contribution < 1.29 is 0 Å². The number of alkyl halides is 1. The molecule has 1 heterocycles. The number of benzene rings is 1. The van der Waals surface area contributed by atoms with Crippen molar-refractivity contribution in [2.45, 2.75) is 37.5 Å². The van der Waals surface area contributed by atoms with E-state index >= 15 is 0 Å². The molecule has 1 aromatic heterocycles. The first kappa shape index (κ1) is 14.7. The van der Waals surface area contributed by atoms with Crippen LogP contribution in [0.4, 0.5) is 0 Å². The fourth-order valence-corrected chi connectivity index (χ4v) is 4.57. The Hall–Kier alpha value is -0.210. The molecule has 1 aliphatic carbocycles. The maximum absolute atomic E-state index is 6.59. The number of hydrogen-bond acceptors (Lipinski definition) is 1. The molecule has 0 fully saturated rings. The van der Waals surface area contributed by atoms with E-state index in [1.165, 1.54) is 41.0 Å². The van der Waals surface area contributed by atoms with Gasteiger partial charge in [0.25, 0.3) is 0 Å². The average Bonchev–Trinajstić information content (AvgIpc) is 2.87. The van der Waals surface area contributed by atoms with Crippen molar-refractivity contribution in [3.05, 3.63) is 55.2 Å². The molecule has 1 aliphatic rings. The molecule has 0 saturated carbocycles. The normalized spacial score (nSPS) is 15.9. The number of hydrogen-bond donors (Lipinski definition) is 0. The van der Waals surface area contributed by atoms with Gasteiger partial charge in [-0.05, 0) is 61.4 Å². The summed E-state index contributed by atoms with van der Waals surface area (Å²) in [5, 5.41) is 1.20. The lowest BCUT2D eigenvalue weighted by atomic mass is 9.99. The zero-order valence-corrected chi connectivity index (χ0v) is 14.0. The van der Waals surface area contributed by atoms with E-state index in [4.69, 9.17) is 34.8 Å². The summed E-state index contributed by atoms with van der Waals surface area (Å²) in [6.45, 7) is 0. The Morgan fingerprint density at radius 1 is 1.05 bits per heavy atom. The van der Waals surface area contributed by atoms with E-state index in [0.29, 0.717) is 10.0 Å². The molecule has 1 unspecified atom stereocenters. The van der Waals surface area contributed by atoms with Crippen LogP contribution in [0.1, 0.15) is 39.1 Å². The molecular weight excluding hydrogens is 331 g/mol. The molecule has 0 saturated heterocycles. The first-order chi connectivity index (χ1) is 9.63. The molecule has 20 heavy (non-hydrogen) atoms. The lowest BCUT2D eigenvalue weighted by molar-refractivity contribution is 0.697. The van der Waals surface area contributed by atoms with Crippen LogP contribution in [0.5, 0.6) is 0 Å². The standard InChI is InChI=1S/C16H15Cl3S/c17-12-6-5-10(7-13(12)18)8-14(19)16-9-11-3-1-2-4-15(11)20-16/h5-7,9,14H,1-4,8H2. The number of fused-ring (bicyclic) bond motifs is 1. The van der Waals surface area contributed by atoms with Crippen LogP contribution in [-0.4, -0.2) is 0 Å². The average molecular weight is 346 g/mol. The Kier molecular flexibility index (Phi) is 4.62. The summed E-state index contributed by atoms with van der Waals surface area (Å²) in [7, 11) is 0. The highest BCUT2D eigenvalue weighted by atomic mass is 35.5. The van der Waals surface area contributed by atoms with Gasteiger partial charge in [0.15, 0.2) is 0 Å². The molecule has 0 spiro atoms. The third kappa shape index (κ3) is 3.17. The van der Waals surface area contributed by atoms with Crippen molar-refractivity contribution in [3.8, 4) is 0 Å². The summed E-state index contributed by atoms with van der Waals surface area (Å²) in [6.07, 6.45) is 5.84. The molecule has 0 amide bonds. The highest BCUT2D eigenvalue weighted by Gasteiger charge is 2.18. The van der Waals surface area contributed by atoms with Gasteiger partial charge in [0.2, 0.25) is 0 Å². The van der Waals surface area contributed by atoms with Crippen molar-refractivity contribution >= 4 is 46.1 Å². The Balaban J connectivity index is 1.76. The molecule has 1 atom stereocenters. The summed E-state index contributed by atoms with van der Waals surface area (Å²) in [4.78, 5) is 2.82. The van der Waals surface area contributed by atoms with E-state index in [0.717, 1.165) is 12.0 Å². The molecule has 2 aromatic rings. The Morgan fingerprint density at radius 3 is 2.60 bits per heavy atom. The molecular formula is C16H15Cl3S. The number of halogens is 3. The summed E-state index contributed by atoms with van der Waals surface area (Å²) in [6, 6.07) is 8.04. The van der Waals surface area contributed by atoms with Gasteiger partial charge in [-0.3, -0.25) is 0 Å². The highest BCUT2D eigenvalue weighted by Crippen LogP contribution is 2.37. The van der Waals surface area contributed by atoms with Gasteiger partial charge in [-0.1, -0.05) is 29.3 Å². The van der Waals surface area contributed by atoms with Gasteiger partial charge < -0.3 is 0 Å². The molecule has 0 radical (unpaired) electrons. The van der Waals surface area contributed by atoms with Crippen LogP contribution in [0, 0.1) is 0 Å². The Labute approximate surface area is 138 Å². The lowest BCUT2D eigenvalue weighted by Gasteiger charge is -2.08. The van der Waals surface area contributed by atoms with Crippen LogP contribution in [0.3, 0.4) is 0 Å². The molecule has 0 aliphatic heterocycles. The SMILES string of the molecule is Clc1ccc(CC(Cl)c2cc3c(s2)CCCC3)cc1Cl. The summed E-state index contributed by atoms with van der Waals surface area (Å²) >= 11 is 20.5. The highest BCUT2D eigenvalue weighted by molar-refractivity contribution is 7.12. The van der Waals surface area contributed by atoms with Crippen LogP contribution in [0.2, 0.25) is 10.0 Å². The second-order valence-electron chi connectivity index (χ2n) is 5.22. The topological polar surface area (TPSA) is 0 Å². The van der Waals surface area contributed by atoms with Crippen molar-refractivity contribution in [1.29, 1.82) is 0 Å². The molecule has 0 bridgehead atoms. The van der Waals surface area contributed by atoms with E-state index in [2.05, 4.69) is 6.07 Å². The first-order valence-corrected chi connectivity index (χ1v) is 8.84. The van der Waals surface area contributed by atoms with Crippen LogP contribution >= 0.6 is 46.1 Å². The first-order valence-electron chi connectivity index (χ1n) is 6.83. The van der Waals surface area contributed by atoms with Gasteiger partial charge in [-0.15, -0.1) is 22.9 Å². The van der Waals surface area contributed by atoms with Gasteiger partial charge in [-0.25, -0.2) is 0 Å². The maximum atomic E-state index is 6.59. The van der Waals surface area contributed by atoms with Crippen molar-refractivity contribution in [3.63, 3.8) is 0 Å². The molecule has 106 valence electrons. The Morgan fingerprint density at radius 2 is 1.85 bits per heavy atom. The third-order valence-corrected chi connectivity index (χ3v) is 6.33. The zero-order chi connectivity index (χ0) is 14.1. The van der Waals surface area contributed by atoms with Gasteiger partial charge in [0, 0.05) is 9.75 Å². The number of thiophene rings is 1. The molecule has 1 aromatic carbocycles. The van der Waals surface area contributed by atoms with Crippen LogP contribution < -0.4 is 0 Å². The van der Waals surface area contributed by atoms with Gasteiger partial charge in [0.05, 0.1) is 15.4 Å². The summed E-state index contributed by atoms with van der Waals surface area (Å²) in [5.41, 5.74) is 2.64. The second-order valence-corrected chi connectivity index (χ2v) is 7.73. The number of rotatable bonds is 3. The summed E-state index contributed by atoms with van der Waals surface area (Å²) < 4.78 is 0. The minimum atomic E-state index is 0.0165. The minimum Gasteiger partial charge on any atom is -0.144 e. The predicted octanol–water partition coefficient (Wildman–Crippen LogP) is 6.46. The molecule has 0 nitrogen and oxygen atoms in total. The number of aryl methyl sites for hydroxylation is 2. The van der Waals surface area contributed by atoms with Gasteiger partial charge in [-0.2, -0.15) is 0 Å². The van der Waals surface area contributed by atoms with Crippen LogP contribution in [0.25, 0.3) is 0 Å². The largest absolute Gasteiger partial charge is 0.144 e. The second kappa shape index (κ2) is 6.27. The van der Waals surface area contributed by atoms with Crippen LogP contribution in [0.15, 0.2) is 24.3 Å². The van der Waals surface area contributed by atoms with Crippen molar-refractivity contribution in [2.75, 3.05) is 0 Å². The molecule has 3 rings (SSSR count). The quantitative estimate of drug-likeness (QED) is 0.560. The van der Waals surface area contributed by atoms with Crippen molar-refractivity contribution in [1.82, 2.24) is 0 Å². The van der Waals surface area contributed by atoms with E-state index in [9.17, 15) is 0 Å². The lowest BCUT2D eigenvalue weighted by Crippen LogP contribution is -1.96. The van der Waals surface area contributed by atoms with Gasteiger partial charge >= 0.3 is 0 Å². The predicted molar refractivity (Wildman–Crippen MR) is 89.7 cm³/mol. The van der Waals surface area contributed by atoms with E-state index in [-0.39, 0.29) is 5.38 Å². The molecule has 4 heteroatoms. The maximum Gasteiger partial charge on any atom is 0.0719 e. The Bertz CT molecular complexity index is 595. The molecule has 0 N–H and O–H groups in total. The smallest absolute Gasteiger partial charge is 0.0719 e. The zero-order valence-electron chi connectivity index (χ0n) is 11.0. The van der Waals surface area contributed by atoms with Gasteiger partial charge in [0.1, 0.15) is 0 Å². The van der Waals surface area contributed by atoms with E-state index in [1.54, 1.807) is 0 Å².